The van der Waals surface area contributed by atoms with Gasteiger partial charge in [-0.05, 0) is 253 Å². The topological polar surface area (TPSA) is 186 Å². The first kappa shape index (κ1) is 43.2. The lowest BCUT2D eigenvalue weighted by atomic mass is 10.1. The van der Waals surface area contributed by atoms with Gasteiger partial charge in [-0.1, -0.05) is 0 Å². The zero-order chi connectivity index (χ0) is 36.0. The molecular weight excluding hydrogens is 1530 g/mol. The van der Waals surface area contributed by atoms with Crippen LogP contribution >= 0.6 is 181 Å². The maximum Gasteiger partial charge on any atom is 0.320 e. The number of benzene rings is 4. The summed E-state index contributed by atoms with van der Waals surface area (Å²) in [6, 6.07) is 12.7. The van der Waals surface area contributed by atoms with Crippen molar-refractivity contribution in [3.63, 3.8) is 0 Å². The molecule has 8 N–H and O–H groups in total. The van der Waals surface area contributed by atoms with Crippen molar-refractivity contribution in [2.24, 2.45) is 11.5 Å². The predicted molar refractivity (Wildman–Crippen MR) is 250 cm³/mol. The van der Waals surface area contributed by atoms with E-state index < -0.39 is 24.0 Å². The zero-order valence-corrected chi connectivity index (χ0v) is 41.0. The van der Waals surface area contributed by atoms with E-state index in [1.54, 1.807) is 24.3 Å². The molecule has 0 fully saturated rings. The molecule has 0 aliphatic rings. The van der Waals surface area contributed by atoms with Crippen molar-refractivity contribution in [1.82, 2.24) is 0 Å². The molecule has 0 bridgehead atoms. The zero-order valence-electron chi connectivity index (χ0n) is 23.8. The number of hydrogen-bond donors (Lipinski definition) is 6. The Morgan fingerprint density at radius 2 is 0.771 bits per heavy atom. The number of rotatable bonds is 10. The molecule has 0 spiro atoms. The van der Waals surface area contributed by atoms with Gasteiger partial charge in [0, 0.05) is 0 Å². The third kappa shape index (κ3) is 12.4. The van der Waals surface area contributed by atoms with Crippen LogP contribution in [0, 0.1) is 28.6 Å². The van der Waals surface area contributed by atoms with Gasteiger partial charge >= 0.3 is 11.9 Å². The molecule has 18 heteroatoms. The summed E-state index contributed by atoms with van der Waals surface area (Å²) in [5.41, 5.74) is 12.9. The van der Waals surface area contributed by atoms with Crippen LogP contribution in [0.2, 0.25) is 0 Å². The molecule has 10 nitrogen and oxygen atoms in total. The molecule has 4 aromatic carbocycles. The Morgan fingerprint density at radius 1 is 0.521 bits per heavy atom. The summed E-state index contributed by atoms with van der Waals surface area (Å²) in [4.78, 5) is 21.8. The molecule has 0 heterocycles. The molecule has 2 unspecified atom stereocenters. The summed E-state index contributed by atoms with van der Waals surface area (Å²) in [5, 5.41) is 37.5. The second kappa shape index (κ2) is 19.7. The van der Waals surface area contributed by atoms with Gasteiger partial charge < -0.3 is 41.4 Å². The Labute approximate surface area is 384 Å². The standard InChI is InChI=1S/2C15H11I4NO4/c2*16-8-4-7(5-9(17)13(8)21)24-14-10(18)1-6(2-11(14)19)3-12(20)15(22)23/h2*1-2,4-5,12,21H,3,20H2,(H,22,23). The first-order valence-corrected chi connectivity index (χ1v) is 21.6. The van der Waals surface area contributed by atoms with Crippen molar-refractivity contribution in [2.75, 3.05) is 0 Å². The van der Waals surface area contributed by atoms with Crippen LogP contribution in [0.4, 0.5) is 0 Å². The number of aliphatic carboxylic acids is 2. The number of carbonyl (C=O) groups is 2. The SMILES string of the molecule is NC(Cc1cc(I)c(Oc2cc(I)c(O)c(I)c2)c(I)c1)C(=O)O.NC(Cc1cc(I)c(Oc2cc(I)c(O)c(I)c2)c(I)c1)C(=O)O. The summed E-state index contributed by atoms with van der Waals surface area (Å²) in [6.07, 6.45) is 0.521. The Bertz CT molecular complexity index is 1640. The quantitative estimate of drug-likeness (QED) is 0.0838. The van der Waals surface area contributed by atoms with E-state index in [0.717, 1.165) is 25.4 Å². The number of nitrogens with two attached hydrogens (primary N) is 2. The van der Waals surface area contributed by atoms with Gasteiger partial charge in [-0.15, -0.1) is 0 Å². The highest BCUT2D eigenvalue weighted by Gasteiger charge is 2.18. The molecule has 0 saturated heterocycles. The smallest absolute Gasteiger partial charge is 0.320 e. The van der Waals surface area contributed by atoms with Crippen LogP contribution < -0.4 is 20.9 Å². The lowest BCUT2D eigenvalue weighted by Crippen LogP contribution is -2.32. The molecule has 2 atom stereocenters. The van der Waals surface area contributed by atoms with E-state index in [9.17, 15) is 19.8 Å². The first-order valence-electron chi connectivity index (χ1n) is 13.0. The number of carboxylic acids is 2. The van der Waals surface area contributed by atoms with Crippen molar-refractivity contribution in [3.8, 4) is 34.5 Å². The Morgan fingerprint density at radius 3 is 1.00 bits per heavy atom. The molecular formula is C30H22I8N2O8. The minimum atomic E-state index is -1.02. The van der Waals surface area contributed by atoms with Gasteiger partial charge in [-0.2, -0.15) is 0 Å². The molecule has 4 rings (SSSR count). The molecule has 48 heavy (non-hydrogen) atoms. The van der Waals surface area contributed by atoms with Crippen LogP contribution in [0.3, 0.4) is 0 Å². The van der Waals surface area contributed by atoms with E-state index in [2.05, 4.69) is 181 Å². The average Bonchev–Trinajstić information content (AvgIpc) is 2.98. The maximum absolute atomic E-state index is 10.9. The van der Waals surface area contributed by atoms with E-state index >= 15 is 0 Å². The summed E-state index contributed by atoms with van der Waals surface area (Å²) >= 11 is 16.8. The molecule has 0 aliphatic heterocycles. The van der Waals surface area contributed by atoms with Gasteiger partial charge in [0.25, 0.3) is 0 Å². The molecule has 0 aromatic heterocycles. The minimum absolute atomic E-state index is 0.242. The monoisotopic (exact) mass is 1550 g/mol. The van der Waals surface area contributed by atoms with Gasteiger partial charge in [-0.3, -0.25) is 9.59 Å². The van der Waals surface area contributed by atoms with Crippen LogP contribution in [0.5, 0.6) is 34.5 Å². The number of carboxylic acid groups (broad SMARTS) is 2. The fourth-order valence-electron chi connectivity index (χ4n) is 3.78. The van der Waals surface area contributed by atoms with Gasteiger partial charge in [0.15, 0.2) is 11.5 Å². The summed E-state index contributed by atoms with van der Waals surface area (Å²) in [6.45, 7) is 0. The predicted octanol–water partition coefficient (Wildman–Crippen LogP) is 9.11. The van der Waals surface area contributed by atoms with Crippen molar-refractivity contribution in [3.05, 3.63) is 88.2 Å². The van der Waals surface area contributed by atoms with Crippen LogP contribution in [-0.2, 0) is 22.4 Å². The molecule has 256 valence electrons. The van der Waals surface area contributed by atoms with E-state index in [4.69, 9.17) is 31.2 Å². The van der Waals surface area contributed by atoms with Crippen LogP contribution in [-0.4, -0.2) is 44.4 Å². The number of aromatic hydroxyl groups is 2. The lowest BCUT2D eigenvalue weighted by molar-refractivity contribution is -0.139. The highest BCUT2D eigenvalue weighted by molar-refractivity contribution is 14.1. The van der Waals surface area contributed by atoms with Gasteiger partial charge in [0.1, 0.15) is 35.1 Å². The Balaban J connectivity index is 0.000000260. The van der Waals surface area contributed by atoms with Gasteiger partial charge in [0.2, 0.25) is 0 Å². The van der Waals surface area contributed by atoms with Gasteiger partial charge in [0.05, 0.1) is 28.6 Å². The number of halogens is 8. The highest BCUT2D eigenvalue weighted by atomic mass is 127. The van der Waals surface area contributed by atoms with Crippen LogP contribution in [0.15, 0.2) is 48.5 Å². The maximum atomic E-state index is 10.9. The van der Waals surface area contributed by atoms with E-state index in [1.807, 2.05) is 24.3 Å². The summed E-state index contributed by atoms with van der Waals surface area (Å²) in [7, 11) is 0. The van der Waals surface area contributed by atoms with E-state index in [0.29, 0.717) is 37.3 Å². The molecule has 0 aliphatic carbocycles. The molecule has 0 amide bonds. The van der Waals surface area contributed by atoms with E-state index in [1.165, 1.54) is 0 Å². The number of phenolic OH excluding ortho intramolecular Hbond substituents is 2. The van der Waals surface area contributed by atoms with Gasteiger partial charge in [-0.25, -0.2) is 0 Å². The second-order valence-corrected chi connectivity index (χ2v) is 19.0. The minimum Gasteiger partial charge on any atom is -0.506 e. The summed E-state index contributed by atoms with van der Waals surface area (Å²) in [5.74, 6) is 1.10. The fraction of sp³-hybridized carbons (Fsp3) is 0.133. The number of phenols is 2. The molecule has 0 radical (unpaired) electrons. The van der Waals surface area contributed by atoms with E-state index in [-0.39, 0.29) is 24.3 Å². The van der Waals surface area contributed by atoms with Crippen molar-refractivity contribution >= 4 is 193 Å². The molecule has 4 aromatic rings. The third-order valence-electron chi connectivity index (χ3n) is 6.08. The second-order valence-electron chi connectivity index (χ2n) is 9.75. The summed E-state index contributed by atoms with van der Waals surface area (Å²) < 4.78 is 18.3. The normalized spacial score (nSPS) is 12.0. The first-order chi connectivity index (χ1) is 22.4. The fourth-order valence-corrected chi connectivity index (χ4v) is 11.4. The largest absolute Gasteiger partial charge is 0.506 e. The van der Waals surface area contributed by atoms with Crippen molar-refractivity contribution < 1.29 is 39.5 Å². The van der Waals surface area contributed by atoms with Crippen LogP contribution in [0.25, 0.3) is 0 Å². The van der Waals surface area contributed by atoms with Crippen molar-refractivity contribution in [2.45, 2.75) is 24.9 Å². The number of hydrogen-bond acceptors (Lipinski definition) is 8. The Hall–Kier alpha value is 0.780. The highest BCUT2D eigenvalue weighted by Crippen LogP contribution is 2.38. The Kier molecular flexibility index (Phi) is 17.8. The lowest BCUT2D eigenvalue weighted by Gasteiger charge is -2.14. The molecule has 0 saturated carbocycles. The number of ether oxygens (including phenoxy) is 2. The van der Waals surface area contributed by atoms with Crippen molar-refractivity contribution in [1.29, 1.82) is 0 Å². The average molecular weight is 1550 g/mol. The van der Waals surface area contributed by atoms with Crippen LogP contribution in [0.1, 0.15) is 11.1 Å². The third-order valence-corrected chi connectivity index (χ3v) is 12.6.